The Morgan fingerprint density at radius 3 is 2.64 bits per heavy atom. The molecule has 0 aromatic carbocycles. The van der Waals surface area contributed by atoms with E-state index in [0.29, 0.717) is 34.9 Å². The molecule has 3 N–H and O–H groups in total. The van der Waals surface area contributed by atoms with Gasteiger partial charge in [-0.1, -0.05) is 20.8 Å². The maximum absolute atomic E-state index is 12.7. The molecule has 11 heteroatoms. The van der Waals surface area contributed by atoms with Crippen LogP contribution >= 0.6 is 0 Å². The minimum Gasteiger partial charge on any atom is -0.394 e. The zero-order valence-electron chi connectivity index (χ0n) is 21.7. The lowest BCUT2D eigenvalue weighted by Crippen LogP contribution is -2.48. The molecule has 4 aliphatic rings. The molecule has 3 atom stereocenters. The number of aryl methyl sites for hydroxylation is 1. The summed E-state index contributed by atoms with van der Waals surface area (Å²) in [6, 6.07) is 0.213. The fourth-order valence-corrected chi connectivity index (χ4v) is 6.65. The molecule has 0 aliphatic carbocycles. The molecule has 2 saturated heterocycles. The highest BCUT2D eigenvalue weighted by atomic mass is 32.2. The van der Waals surface area contributed by atoms with Crippen LogP contribution in [0.15, 0.2) is 21.9 Å². The summed E-state index contributed by atoms with van der Waals surface area (Å²) < 4.78 is 12.7. The highest BCUT2D eigenvalue weighted by molar-refractivity contribution is 7.85. The summed E-state index contributed by atoms with van der Waals surface area (Å²) in [4.78, 5) is 22.5. The number of rotatable bonds is 7. The highest BCUT2D eigenvalue weighted by Gasteiger charge is 2.31. The topological polar surface area (TPSA) is 109 Å². The molecule has 0 radical (unpaired) electrons. The van der Waals surface area contributed by atoms with E-state index in [-0.39, 0.29) is 18.6 Å². The number of aromatic nitrogens is 2. The minimum absolute atomic E-state index is 0.0000707. The van der Waals surface area contributed by atoms with Crippen LogP contribution in [-0.2, 0) is 17.2 Å². The van der Waals surface area contributed by atoms with Gasteiger partial charge in [-0.15, -0.1) is 0 Å². The van der Waals surface area contributed by atoms with Gasteiger partial charge in [0, 0.05) is 69.8 Å². The molecular weight excluding hydrogens is 476 g/mol. The molecule has 0 bridgehead atoms. The van der Waals surface area contributed by atoms with Gasteiger partial charge in [-0.3, -0.25) is 4.21 Å². The van der Waals surface area contributed by atoms with Crippen molar-refractivity contribution in [3.63, 3.8) is 0 Å². The van der Waals surface area contributed by atoms with E-state index in [2.05, 4.69) is 52.3 Å². The van der Waals surface area contributed by atoms with Crippen LogP contribution in [0, 0.1) is 5.92 Å². The van der Waals surface area contributed by atoms with Crippen LogP contribution in [-0.4, -0.2) is 105 Å². The lowest BCUT2D eigenvalue weighted by molar-refractivity contribution is 0.248. The second-order valence-corrected chi connectivity index (χ2v) is 11.9. The lowest BCUT2D eigenvalue weighted by Gasteiger charge is -2.37. The van der Waals surface area contributed by atoms with Gasteiger partial charge in [0.25, 0.3) is 0 Å². The Labute approximate surface area is 216 Å². The Hall–Kier alpha value is -2.24. The quantitative estimate of drug-likeness (QED) is 0.489. The molecule has 4 aliphatic heterocycles. The normalized spacial score (nSPS) is 25.5. The number of aliphatic hydroxyl groups excluding tert-OH is 1. The molecule has 0 amide bonds. The lowest BCUT2D eigenvalue weighted by atomic mass is 10.1. The first-order valence-electron chi connectivity index (χ1n) is 13.4. The Morgan fingerprint density at radius 1 is 1.14 bits per heavy atom. The van der Waals surface area contributed by atoms with Gasteiger partial charge in [0.15, 0.2) is 0 Å². The Kier molecular flexibility index (Phi) is 7.78. The number of aliphatic hydroxyl groups is 1. The Bertz CT molecular complexity index is 1040. The predicted molar refractivity (Wildman–Crippen MR) is 144 cm³/mol. The number of piperazine rings is 1. The van der Waals surface area contributed by atoms with Gasteiger partial charge in [0.2, 0.25) is 5.95 Å². The van der Waals surface area contributed by atoms with Gasteiger partial charge in [-0.2, -0.15) is 4.98 Å². The van der Waals surface area contributed by atoms with Crippen molar-refractivity contribution in [2.75, 3.05) is 68.4 Å². The number of hydrogen-bond donors (Lipinski definition) is 3. The van der Waals surface area contributed by atoms with Crippen LogP contribution in [0.25, 0.3) is 0 Å². The maximum Gasteiger partial charge on any atom is 0.227 e. The molecule has 2 fully saturated rings. The van der Waals surface area contributed by atoms with E-state index in [0.717, 1.165) is 70.2 Å². The third kappa shape index (κ3) is 5.24. The van der Waals surface area contributed by atoms with Gasteiger partial charge < -0.3 is 30.4 Å². The van der Waals surface area contributed by atoms with E-state index in [1.165, 1.54) is 5.71 Å². The number of anilines is 2. The van der Waals surface area contributed by atoms with Crippen LogP contribution < -0.4 is 15.5 Å². The van der Waals surface area contributed by atoms with Crippen LogP contribution in [0.2, 0.25) is 0 Å². The summed E-state index contributed by atoms with van der Waals surface area (Å²) in [5.74, 6) is 3.13. The zero-order valence-corrected chi connectivity index (χ0v) is 22.6. The second-order valence-electron chi connectivity index (χ2n) is 10.4. The summed E-state index contributed by atoms with van der Waals surface area (Å²) in [7, 11) is -1.10. The van der Waals surface area contributed by atoms with Crippen molar-refractivity contribution < 1.29 is 9.32 Å². The average Bonchev–Trinajstić information content (AvgIpc) is 3.15. The Balaban J connectivity index is 1.28. The van der Waals surface area contributed by atoms with Gasteiger partial charge in [0.05, 0.1) is 35.2 Å². The van der Waals surface area contributed by atoms with Crippen molar-refractivity contribution in [1.82, 2.24) is 25.1 Å². The number of fused-ring (bicyclic) bond motifs is 2. The van der Waals surface area contributed by atoms with Crippen LogP contribution in [0.1, 0.15) is 39.3 Å². The molecule has 0 spiro atoms. The number of hydrogen-bond acceptors (Lipinski definition) is 10. The van der Waals surface area contributed by atoms with Crippen molar-refractivity contribution in [2.45, 2.75) is 57.0 Å². The van der Waals surface area contributed by atoms with Crippen molar-refractivity contribution in [3.05, 3.63) is 17.7 Å². The first kappa shape index (κ1) is 25.4. The molecular formula is C25H40N8O2S. The predicted octanol–water partition coefficient (Wildman–Crippen LogP) is 1.02. The van der Waals surface area contributed by atoms with Gasteiger partial charge >= 0.3 is 0 Å². The average molecular weight is 517 g/mol. The van der Waals surface area contributed by atoms with Crippen molar-refractivity contribution >= 4 is 28.3 Å². The largest absolute Gasteiger partial charge is 0.394 e. The smallest absolute Gasteiger partial charge is 0.227 e. The zero-order chi connectivity index (χ0) is 25.2. The first-order chi connectivity index (χ1) is 17.5. The van der Waals surface area contributed by atoms with E-state index < -0.39 is 10.8 Å². The molecule has 0 saturated carbocycles. The minimum atomic E-state index is -1.10. The van der Waals surface area contributed by atoms with Crippen molar-refractivity contribution in [1.29, 1.82) is 0 Å². The maximum atomic E-state index is 12.7. The van der Waals surface area contributed by atoms with E-state index in [4.69, 9.17) is 15.0 Å². The van der Waals surface area contributed by atoms with E-state index >= 15 is 0 Å². The molecule has 36 heavy (non-hydrogen) atoms. The fourth-order valence-electron chi connectivity index (χ4n) is 5.34. The molecule has 10 nitrogen and oxygen atoms in total. The number of aliphatic imine (C=N–C) groups is 1. The van der Waals surface area contributed by atoms with Crippen molar-refractivity contribution in [2.24, 2.45) is 10.9 Å². The number of nitrogens with zero attached hydrogens (tertiary/aromatic N) is 6. The van der Waals surface area contributed by atoms with E-state index in [1.54, 1.807) is 0 Å². The number of nitrogens with one attached hydrogen (secondary N) is 2. The van der Waals surface area contributed by atoms with Crippen LogP contribution in [0.3, 0.4) is 0 Å². The second kappa shape index (κ2) is 11.0. The first-order valence-corrected chi connectivity index (χ1v) is 14.7. The monoisotopic (exact) mass is 516 g/mol. The van der Waals surface area contributed by atoms with Crippen LogP contribution in [0.5, 0.6) is 0 Å². The third-order valence-electron chi connectivity index (χ3n) is 7.83. The van der Waals surface area contributed by atoms with Gasteiger partial charge in [-0.25, -0.2) is 9.98 Å². The summed E-state index contributed by atoms with van der Waals surface area (Å²) in [5, 5.41) is 16.8. The molecule has 5 rings (SSSR count). The summed E-state index contributed by atoms with van der Waals surface area (Å²) >= 11 is 0. The molecule has 1 aromatic rings. The summed E-state index contributed by atoms with van der Waals surface area (Å²) in [6.45, 7) is 12.9. The SMILES string of the molecule is CCN1CCC2=NC(N3CCN(c4nc5c(c(NC(CO)C(C)C)n4)S(=O)CC5)CC3)=CNC2CC1. The molecule has 3 unspecified atom stereocenters. The molecule has 198 valence electrons. The van der Waals surface area contributed by atoms with Gasteiger partial charge in [0.1, 0.15) is 16.5 Å². The van der Waals surface area contributed by atoms with Crippen LogP contribution in [0.4, 0.5) is 11.8 Å². The standard InChI is InChI=1S/C25H40N8O2S/c1-4-31-8-5-18-19(6-9-31)27-22(15-26-18)32-10-12-33(13-11-32)25-29-20-7-14-36(35)23(20)24(30-25)28-21(16-34)17(2)3/h15,17-18,21,26,34H,4-14,16H2,1-3H3,(H,28,29,30). The molecule has 5 heterocycles. The highest BCUT2D eigenvalue weighted by Crippen LogP contribution is 2.31. The molecule has 1 aromatic heterocycles. The van der Waals surface area contributed by atoms with E-state index in [1.807, 2.05) is 0 Å². The van der Waals surface area contributed by atoms with E-state index in [9.17, 15) is 9.32 Å². The third-order valence-corrected chi connectivity index (χ3v) is 9.28. The fraction of sp³-hybridized carbons (Fsp3) is 0.720. The summed E-state index contributed by atoms with van der Waals surface area (Å²) in [5.41, 5.74) is 2.15. The Morgan fingerprint density at radius 2 is 1.92 bits per heavy atom. The van der Waals surface area contributed by atoms with Gasteiger partial charge in [-0.05, 0) is 18.9 Å². The van der Waals surface area contributed by atoms with Crippen molar-refractivity contribution in [3.8, 4) is 0 Å². The summed E-state index contributed by atoms with van der Waals surface area (Å²) in [6.07, 6.45) is 4.92. The number of likely N-dealkylation sites (tertiary alicyclic amines) is 1.